The van der Waals surface area contributed by atoms with Crippen molar-refractivity contribution in [3.8, 4) is 0 Å². The summed E-state index contributed by atoms with van der Waals surface area (Å²) in [4.78, 5) is 0. The van der Waals surface area contributed by atoms with Crippen molar-refractivity contribution in [2.24, 2.45) is 0 Å². The molecule has 0 spiro atoms. The van der Waals surface area contributed by atoms with Crippen LogP contribution in [0.5, 0.6) is 0 Å². The standard InChI is InChI=1S/C11H9.C5H5.C4H11Si.2CH3.Pt/c1-9-5-4-7-10-6-2-3-8-11(9)10;1-2-4-5-3-1;1-5(2,3)4;;;/h2-8H,1H2;1-5H;1H2,2-4H3;2*1H3;/q5*-1;. The van der Waals surface area contributed by atoms with Crippen molar-refractivity contribution in [2.75, 3.05) is 0 Å². The fourth-order valence-electron chi connectivity index (χ4n) is 1.61. The Labute approximate surface area is 166 Å². The molecule has 0 aliphatic carbocycles. The minimum atomic E-state index is -0.861. The van der Waals surface area contributed by atoms with Crippen LogP contribution in [0.25, 0.3) is 10.8 Å². The maximum atomic E-state index is 3.95. The molecule has 0 aliphatic heterocycles. The number of hydrogen-bond donors (Lipinski definition) is 0. The molecule has 0 radical (unpaired) electrons. The van der Waals surface area contributed by atoms with Gasteiger partial charge in [-0.15, -0.1) is 25.6 Å². The summed E-state index contributed by atoms with van der Waals surface area (Å²) in [6.45, 7) is 14.5. The maximum absolute atomic E-state index is 3.95. The molecule has 0 fully saturated rings. The van der Waals surface area contributed by atoms with Crippen LogP contribution in [0.3, 0.4) is 0 Å². The molecule has 0 amide bonds. The van der Waals surface area contributed by atoms with Gasteiger partial charge in [0.05, 0.1) is 0 Å². The molecule has 0 aromatic heterocycles. The van der Waals surface area contributed by atoms with E-state index in [1.807, 2.05) is 54.6 Å². The summed E-state index contributed by atoms with van der Waals surface area (Å²) in [7, 11) is -0.861. The molecule has 24 heavy (non-hydrogen) atoms. The molecule has 0 aliphatic rings. The first kappa shape index (κ1) is 27.7. The molecule has 3 rings (SSSR count). The quantitative estimate of drug-likeness (QED) is 0.222. The Balaban J connectivity index is -0.000000293. The molecule has 0 atom stereocenters. The SMILES string of the molecule is [CH2-][Si](C)(C)C.[CH2-]c1cccc2ccccc12.[CH3-].[CH3-].[Pt].c1cc[cH-]c1. The van der Waals surface area contributed by atoms with Gasteiger partial charge in [0.15, 0.2) is 0 Å². The van der Waals surface area contributed by atoms with Gasteiger partial charge >= 0.3 is 0 Å². The largest absolute Gasteiger partial charge is 0.358 e. The van der Waals surface area contributed by atoms with Gasteiger partial charge in [0.1, 0.15) is 0 Å². The fourth-order valence-corrected chi connectivity index (χ4v) is 1.61. The van der Waals surface area contributed by atoms with Crippen LogP contribution in [0.2, 0.25) is 19.6 Å². The summed E-state index contributed by atoms with van der Waals surface area (Å²) in [6, 6.07) is 24.4. The summed E-state index contributed by atoms with van der Waals surface area (Å²) in [5.41, 5.74) is 1.10. The summed E-state index contributed by atoms with van der Waals surface area (Å²) in [5.74, 6) is 0. The molecule has 2 heteroatoms. The summed E-state index contributed by atoms with van der Waals surface area (Å²) >= 11 is 0. The third kappa shape index (κ3) is 13.3. The van der Waals surface area contributed by atoms with Crippen molar-refractivity contribution in [1.82, 2.24) is 0 Å². The Morgan fingerprint density at radius 2 is 1.25 bits per heavy atom. The molecular formula is C22H31PtSi-5. The van der Waals surface area contributed by atoms with E-state index >= 15 is 0 Å². The van der Waals surface area contributed by atoms with Gasteiger partial charge in [-0.05, 0) is 0 Å². The predicted octanol–water partition coefficient (Wildman–Crippen LogP) is 7.02. The molecular weight excluding hydrogens is 487 g/mol. The molecule has 0 bridgehead atoms. The first-order valence-corrected chi connectivity index (χ1v) is 10.9. The third-order valence-electron chi connectivity index (χ3n) is 2.44. The molecule has 0 saturated heterocycles. The second-order valence-corrected chi connectivity index (χ2v) is 11.3. The van der Waals surface area contributed by atoms with Gasteiger partial charge in [-0.2, -0.15) is 36.8 Å². The summed E-state index contributed by atoms with van der Waals surface area (Å²) < 4.78 is 0. The number of rotatable bonds is 0. The summed E-state index contributed by atoms with van der Waals surface area (Å²) in [5, 5.41) is 2.51. The second-order valence-electron chi connectivity index (χ2n) is 6.16. The Hall–Kier alpha value is -1.17. The Bertz CT molecular complexity index is 593. The van der Waals surface area contributed by atoms with Crippen LogP contribution < -0.4 is 0 Å². The van der Waals surface area contributed by atoms with Crippen LogP contribution in [-0.4, -0.2) is 8.07 Å². The van der Waals surface area contributed by atoms with E-state index < -0.39 is 8.07 Å². The van der Waals surface area contributed by atoms with Crippen LogP contribution in [0.15, 0.2) is 72.8 Å². The molecule has 0 heterocycles. The van der Waals surface area contributed by atoms with Gasteiger partial charge in [0.2, 0.25) is 0 Å². The van der Waals surface area contributed by atoms with Crippen molar-refractivity contribution in [3.63, 3.8) is 0 Å². The fraction of sp³-hybridized carbons (Fsp3) is 0.136. The first-order valence-electron chi connectivity index (χ1n) is 7.20. The van der Waals surface area contributed by atoms with Gasteiger partial charge in [0.25, 0.3) is 0 Å². The van der Waals surface area contributed by atoms with Crippen LogP contribution in [0, 0.1) is 28.3 Å². The van der Waals surface area contributed by atoms with E-state index in [1.165, 1.54) is 10.8 Å². The Kier molecular flexibility index (Phi) is 16.4. The monoisotopic (exact) mass is 518 g/mol. The van der Waals surface area contributed by atoms with Crippen molar-refractivity contribution in [2.45, 2.75) is 19.6 Å². The predicted molar refractivity (Wildman–Crippen MR) is 112 cm³/mol. The topological polar surface area (TPSA) is 0 Å². The zero-order chi connectivity index (χ0) is 15.7. The molecule has 0 nitrogen and oxygen atoms in total. The molecule has 3 aromatic carbocycles. The van der Waals surface area contributed by atoms with Crippen molar-refractivity contribution in [1.29, 1.82) is 0 Å². The minimum Gasteiger partial charge on any atom is -0.358 e. The van der Waals surface area contributed by atoms with Crippen LogP contribution in [0.1, 0.15) is 5.56 Å². The van der Waals surface area contributed by atoms with E-state index in [0.717, 1.165) is 5.56 Å². The van der Waals surface area contributed by atoms with Crippen molar-refractivity contribution < 1.29 is 21.1 Å². The zero-order valence-corrected chi connectivity index (χ0v) is 18.9. The first-order chi connectivity index (χ1) is 9.88. The van der Waals surface area contributed by atoms with Crippen LogP contribution in [-0.2, 0) is 21.1 Å². The number of benzene rings is 2. The summed E-state index contributed by atoms with van der Waals surface area (Å²) in [6.07, 6.45) is 0. The molecule has 138 valence electrons. The second kappa shape index (κ2) is 14.2. The molecule has 3 aromatic rings. The van der Waals surface area contributed by atoms with Crippen LogP contribution >= 0.6 is 0 Å². The number of fused-ring (bicyclic) bond motifs is 1. The van der Waals surface area contributed by atoms with Crippen molar-refractivity contribution >= 4 is 18.8 Å². The third-order valence-corrected chi connectivity index (χ3v) is 2.44. The Morgan fingerprint density at radius 1 is 0.792 bits per heavy atom. The van der Waals surface area contributed by atoms with Gasteiger partial charge < -0.3 is 21.4 Å². The molecule has 0 saturated carbocycles. The van der Waals surface area contributed by atoms with E-state index in [-0.39, 0.29) is 35.9 Å². The molecule has 0 N–H and O–H groups in total. The van der Waals surface area contributed by atoms with Crippen LogP contribution in [0.4, 0.5) is 0 Å². The van der Waals surface area contributed by atoms with E-state index in [2.05, 4.69) is 51.3 Å². The molecule has 0 unspecified atom stereocenters. The minimum absolute atomic E-state index is 0. The van der Waals surface area contributed by atoms with E-state index in [9.17, 15) is 0 Å². The van der Waals surface area contributed by atoms with E-state index in [4.69, 9.17) is 0 Å². The van der Waals surface area contributed by atoms with E-state index in [1.54, 1.807) is 0 Å². The van der Waals surface area contributed by atoms with Gasteiger partial charge in [0, 0.05) is 21.1 Å². The maximum Gasteiger partial charge on any atom is 0 e. The smallest absolute Gasteiger partial charge is 0 e. The zero-order valence-electron chi connectivity index (χ0n) is 15.7. The van der Waals surface area contributed by atoms with Crippen molar-refractivity contribution in [3.05, 3.63) is 107 Å². The van der Waals surface area contributed by atoms with E-state index in [0.29, 0.717) is 0 Å². The number of hydrogen-bond acceptors (Lipinski definition) is 0. The van der Waals surface area contributed by atoms with Gasteiger partial charge in [-0.3, -0.25) is 0 Å². The Morgan fingerprint density at radius 3 is 1.67 bits per heavy atom. The normalized spacial score (nSPS) is 8.83. The average Bonchev–Trinajstić information content (AvgIpc) is 2.96. The van der Waals surface area contributed by atoms with Gasteiger partial charge in [-0.1, -0.05) is 49.3 Å². The van der Waals surface area contributed by atoms with Gasteiger partial charge in [-0.25, -0.2) is 12.1 Å². The average molecular weight is 519 g/mol.